The van der Waals surface area contributed by atoms with Crippen molar-refractivity contribution in [3.05, 3.63) is 16.8 Å². The molecule has 0 spiro atoms. The van der Waals surface area contributed by atoms with Gasteiger partial charge in [-0.2, -0.15) is 0 Å². The number of aromatic nitrogens is 4. The van der Waals surface area contributed by atoms with Gasteiger partial charge in [0, 0.05) is 52.4 Å². The number of carbonyl (C=O) groups excluding carboxylic acids is 1. The number of H-pyrrole nitrogens is 1. The molecule has 0 bridgehead atoms. The molecule has 1 fully saturated rings. The molecule has 2 aromatic heterocycles. The number of nitrogens with one attached hydrogen (secondary N) is 1. The number of aliphatic imine (C=N–C) groups is 1. The Kier molecular flexibility index (Phi) is 5.66. The second-order valence-electron chi connectivity index (χ2n) is 7.66. The highest BCUT2D eigenvalue weighted by Gasteiger charge is 2.27. The van der Waals surface area contributed by atoms with Gasteiger partial charge in [-0.3, -0.25) is 4.57 Å². The minimum absolute atomic E-state index is 0.214. The highest BCUT2D eigenvalue weighted by molar-refractivity contribution is 5.83. The van der Waals surface area contributed by atoms with Crippen LogP contribution in [0.4, 0.5) is 10.6 Å². The number of carbonyl (C=O) groups is 1. The van der Waals surface area contributed by atoms with Crippen molar-refractivity contribution in [2.75, 3.05) is 38.1 Å². The second-order valence-corrected chi connectivity index (χ2v) is 7.66. The van der Waals surface area contributed by atoms with E-state index in [-0.39, 0.29) is 11.8 Å². The molecule has 0 aromatic carbocycles. The number of aryl methyl sites for hydroxylation is 1. The van der Waals surface area contributed by atoms with E-state index < -0.39 is 5.60 Å². The Morgan fingerprint density at radius 1 is 1.29 bits per heavy atom. The molecular formula is C18H27N7O3. The summed E-state index contributed by atoms with van der Waals surface area (Å²) in [4.78, 5) is 43.8. The molecule has 1 amide bonds. The van der Waals surface area contributed by atoms with Gasteiger partial charge in [-0.15, -0.1) is 0 Å². The Bertz CT molecular complexity index is 917. The van der Waals surface area contributed by atoms with Gasteiger partial charge in [0.2, 0.25) is 0 Å². The van der Waals surface area contributed by atoms with Crippen LogP contribution >= 0.6 is 0 Å². The summed E-state index contributed by atoms with van der Waals surface area (Å²) in [6, 6.07) is 0. The van der Waals surface area contributed by atoms with Crippen LogP contribution in [0.2, 0.25) is 0 Å². The van der Waals surface area contributed by atoms with Gasteiger partial charge in [0.25, 0.3) is 0 Å². The van der Waals surface area contributed by atoms with Crippen LogP contribution in [0.25, 0.3) is 11.2 Å². The molecule has 152 valence electrons. The van der Waals surface area contributed by atoms with E-state index in [0.717, 1.165) is 0 Å². The number of imidazole rings is 1. The summed E-state index contributed by atoms with van der Waals surface area (Å²) in [6.07, 6.45) is 3.58. The first-order valence-corrected chi connectivity index (χ1v) is 9.37. The van der Waals surface area contributed by atoms with Crippen molar-refractivity contribution in [1.82, 2.24) is 24.4 Å². The molecule has 0 saturated carbocycles. The van der Waals surface area contributed by atoms with E-state index in [4.69, 9.17) is 4.74 Å². The second kappa shape index (κ2) is 7.99. The van der Waals surface area contributed by atoms with Crippen molar-refractivity contribution in [1.29, 1.82) is 0 Å². The predicted octanol–water partition coefficient (Wildman–Crippen LogP) is 1.27. The van der Waals surface area contributed by atoms with Crippen molar-refractivity contribution < 1.29 is 9.53 Å². The number of ether oxygens (including phenoxy) is 1. The zero-order valence-electron chi connectivity index (χ0n) is 16.8. The van der Waals surface area contributed by atoms with Crippen LogP contribution in [0.3, 0.4) is 0 Å². The van der Waals surface area contributed by atoms with E-state index in [1.54, 1.807) is 22.7 Å². The van der Waals surface area contributed by atoms with Crippen molar-refractivity contribution in [3.8, 4) is 0 Å². The first-order chi connectivity index (χ1) is 13.3. The number of amides is 1. The van der Waals surface area contributed by atoms with Gasteiger partial charge in [0.15, 0.2) is 11.5 Å². The van der Waals surface area contributed by atoms with E-state index in [0.29, 0.717) is 56.1 Å². The Labute approximate surface area is 163 Å². The van der Waals surface area contributed by atoms with E-state index in [2.05, 4.69) is 24.8 Å². The third kappa shape index (κ3) is 4.32. The molecule has 10 heteroatoms. The molecule has 3 rings (SSSR count). The number of hydrogen-bond donors (Lipinski definition) is 1. The SMILES string of the molecule is CN=CCCn1c(=O)[nH]c2c(N3CCN(C(=O)OC(C)(C)C)CC3)ncnc21. The van der Waals surface area contributed by atoms with Gasteiger partial charge in [-0.05, 0) is 20.8 Å². The average molecular weight is 389 g/mol. The third-order valence-corrected chi connectivity index (χ3v) is 4.44. The number of anilines is 1. The number of piperazine rings is 1. The smallest absolute Gasteiger partial charge is 0.410 e. The quantitative estimate of drug-likeness (QED) is 0.789. The summed E-state index contributed by atoms with van der Waals surface area (Å²) in [5, 5.41) is 0. The van der Waals surface area contributed by atoms with Crippen LogP contribution in [0.15, 0.2) is 16.1 Å². The molecule has 0 unspecified atom stereocenters. The first kappa shape index (κ1) is 19.8. The number of nitrogens with zero attached hydrogens (tertiary/aromatic N) is 6. The standard InChI is InChI=1S/C18H27N7O3/c1-18(2,3)28-17(27)24-10-8-23(9-11-24)14-13-15(21-12-20-14)25(16(26)22-13)7-5-6-19-4/h6,12H,5,7-11H2,1-4H3,(H,22,26). The van der Waals surface area contributed by atoms with E-state index >= 15 is 0 Å². The monoisotopic (exact) mass is 389 g/mol. The van der Waals surface area contributed by atoms with Crippen LogP contribution in [-0.2, 0) is 11.3 Å². The van der Waals surface area contributed by atoms with Gasteiger partial charge in [0.1, 0.15) is 17.4 Å². The first-order valence-electron chi connectivity index (χ1n) is 9.37. The van der Waals surface area contributed by atoms with Gasteiger partial charge >= 0.3 is 11.8 Å². The van der Waals surface area contributed by atoms with Crippen LogP contribution in [0, 0.1) is 0 Å². The van der Waals surface area contributed by atoms with Gasteiger partial charge in [-0.25, -0.2) is 19.6 Å². The molecular weight excluding hydrogens is 362 g/mol. The van der Waals surface area contributed by atoms with Crippen LogP contribution in [-0.4, -0.2) is 75.6 Å². The number of rotatable bonds is 4. The summed E-state index contributed by atoms with van der Waals surface area (Å²) >= 11 is 0. The van der Waals surface area contributed by atoms with Crippen molar-refractivity contribution in [2.24, 2.45) is 4.99 Å². The zero-order valence-corrected chi connectivity index (χ0v) is 16.8. The fourth-order valence-corrected chi connectivity index (χ4v) is 3.14. The van der Waals surface area contributed by atoms with E-state index in [1.807, 2.05) is 20.8 Å². The van der Waals surface area contributed by atoms with Gasteiger partial charge in [-0.1, -0.05) is 0 Å². The number of aromatic amines is 1. The molecule has 10 nitrogen and oxygen atoms in total. The van der Waals surface area contributed by atoms with E-state index in [9.17, 15) is 9.59 Å². The zero-order chi connectivity index (χ0) is 20.3. The molecule has 1 aliphatic heterocycles. The molecule has 0 radical (unpaired) electrons. The van der Waals surface area contributed by atoms with Crippen molar-refractivity contribution >= 4 is 29.3 Å². The topological polar surface area (TPSA) is 109 Å². The van der Waals surface area contributed by atoms with Crippen molar-refractivity contribution in [3.63, 3.8) is 0 Å². The Balaban J connectivity index is 1.76. The van der Waals surface area contributed by atoms with E-state index in [1.165, 1.54) is 6.33 Å². The Morgan fingerprint density at radius 2 is 2.00 bits per heavy atom. The normalized spacial score (nSPS) is 15.6. The van der Waals surface area contributed by atoms with Crippen LogP contribution in [0.1, 0.15) is 27.2 Å². The van der Waals surface area contributed by atoms with Crippen LogP contribution in [0.5, 0.6) is 0 Å². The van der Waals surface area contributed by atoms with Gasteiger partial charge < -0.3 is 24.5 Å². The van der Waals surface area contributed by atoms with Crippen molar-refractivity contribution in [2.45, 2.75) is 39.3 Å². The average Bonchev–Trinajstić information content (AvgIpc) is 2.96. The highest BCUT2D eigenvalue weighted by atomic mass is 16.6. The molecule has 2 aromatic rings. The lowest BCUT2D eigenvalue weighted by atomic mass is 10.2. The Morgan fingerprint density at radius 3 is 2.64 bits per heavy atom. The molecule has 28 heavy (non-hydrogen) atoms. The number of fused-ring (bicyclic) bond motifs is 1. The fourth-order valence-electron chi connectivity index (χ4n) is 3.14. The molecule has 1 saturated heterocycles. The third-order valence-electron chi connectivity index (χ3n) is 4.44. The minimum Gasteiger partial charge on any atom is -0.444 e. The summed E-state index contributed by atoms with van der Waals surface area (Å²) < 4.78 is 7.03. The summed E-state index contributed by atoms with van der Waals surface area (Å²) in [5.41, 5.74) is 0.465. The largest absolute Gasteiger partial charge is 0.444 e. The molecule has 0 atom stereocenters. The summed E-state index contributed by atoms with van der Waals surface area (Å²) in [7, 11) is 1.70. The minimum atomic E-state index is -0.516. The molecule has 3 heterocycles. The predicted molar refractivity (Wildman–Crippen MR) is 107 cm³/mol. The number of hydrogen-bond acceptors (Lipinski definition) is 7. The summed E-state index contributed by atoms with van der Waals surface area (Å²) in [6.45, 7) is 8.31. The lowest BCUT2D eigenvalue weighted by Crippen LogP contribution is -2.50. The highest BCUT2D eigenvalue weighted by Crippen LogP contribution is 2.22. The maximum Gasteiger partial charge on any atom is 0.410 e. The lowest BCUT2D eigenvalue weighted by molar-refractivity contribution is 0.0240. The molecule has 1 N–H and O–H groups in total. The maximum atomic E-state index is 12.3. The Hall–Kier alpha value is -2.91. The lowest BCUT2D eigenvalue weighted by Gasteiger charge is -2.36. The van der Waals surface area contributed by atoms with Gasteiger partial charge in [0.05, 0.1) is 0 Å². The summed E-state index contributed by atoms with van der Waals surface area (Å²) in [5.74, 6) is 0.675. The van der Waals surface area contributed by atoms with Crippen LogP contribution < -0.4 is 10.6 Å². The molecule has 1 aliphatic rings. The fraction of sp³-hybridized carbons (Fsp3) is 0.611. The molecule has 0 aliphatic carbocycles. The maximum absolute atomic E-state index is 12.3.